The molecule has 0 N–H and O–H groups in total. The molecule has 0 bridgehead atoms. The van der Waals surface area contributed by atoms with Crippen LogP contribution < -0.4 is 14.2 Å². The second-order valence-corrected chi connectivity index (χ2v) is 5.98. The summed E-state index contributed by atoms with van der Waals surface area (Å²) < 4.78 is 21.2. The molecule has 0 heterocycles. The Morgan fingerprint density at radius 2 is 1.44 bits per heavy atom. The van der Waals surface area contributed by atoms with E-state index >= 15 is 0 Å². The van der Waals surface area contributed by atoms with E-state index in [1.165, 1.54) is 21.3 Å². The van der Waals surface area contributed by atoms with Crippen molar-refractivity contribution in [2.24, 2.45) is 0 Å². The van der Waals surface area contributed by atoms with Gasteiger partial charge in [0, 0.05) is 18.6 Å². The van der Waals surface area contributed by atoms with Crippen LogP contribution in [0.1, 0.15) is 38.1 Å². The molecular formula is C18H30ClNO5. The molecule has 6 nitrogen and oxygen atoms in total. The van der Waals surface area contributed by atoms with Gasteiger partial charge in [0.2, 0.25) is 5.75 Å². The Hall–Kier alpha value is -1.66. The van der Waals surface area contributed by atoms with E-state index < -0.39 is 5.97 Å². The Balaban J connectivity index is 0.00000576. The Kier molecular flexibility index (Phi) is 10.3. The lowest BCUT2D eigenvalue weighted by atomic mass is 10.2. The van der Waals surface area contributed by atoms with Crippen LogP contribution in [0.4, 0.5) is 0 Å². The number of benzene rings is 1. The maximum Gasteiger partial charge on any atom is 0.338 e. The number of nitrogens with zero attached hydrogens (tertiary/aromatic N) is 1. The van der Waals surface area contributed by atoms with Crippen molar-refractivity contribution >= 4 is 18.4 Å². The summed E-state index contributed by atoms with van der Waals surface area (Å²) in [6.45, 7) is 9.52. The maximum atomic E-state index is 12.3. The van der Waals surface area contributed by atoms with Crippen LogP contribution >= 0.6 is 12.4 Å². The van der Waals surface area contributed by atoms with E-state index in [-0.39, 0.29) is 12.4 Å². The lowest BCUT2D eigenvalue weighted by Gasteiger charge is -2.30. The van der Waals surface area contributed by atoms with Crippen LogP contribution in [0.2, 0.25) is 0 Å². The number of ether oxygens (including phenoxy) is 4. The first-order valence-corrected chi connectivity index (χ1v) is 8.08. The van der Waals surface area contributed by atoms with Crippen molar-refractivity contribution < 1.29 is 23.7 Å². The number of rotatable bonds is 9. The van der Waals surface area contributed by atoms with Gasteiger partial charge in [-0.3, -0.25) is 4.90 Å². The smallest absolute Gasteiger partial charge is 0.338 e. The summed E-state index contributed by atoms with van der Waals surface area (Å²) in [7, 11) is 4.54. The van der Waals surface area contributed by atoms with Gasteiger partial charge >= 0.3 is 5.97 Å². The highest BCUT2D eigenvalue weighted by Gasteiger charge is 2.19. The van der Waals surface area contributed by atoms with Crippen LogP contribution in [0.3, 0.4) is 0 Å². The first kappa shape index (κ1) is 23.3. The standard InChI is InChI=1S/C18H29NO5.ClH/c1-12(2)19(13(3)4)8-9-24-18(20)14-10-15(21-5)17(23-7)16(11-14)22-6;/h10-13H,8-9H2,1-7H3;1H. The summed E-state index contributed by atoms with van der Waals surface area (Å²) >= 11 is 0. The second-order valence-electron chi connectivity index (χ2n) is 5.98. The minimum Gasteiger partial charge on any atom is -0.493 e. The van der Waals surface area contributed by atoms with Crippen LogP contribution in [-0.2, 0) is 4.74 Å². The molecule has 0 saturated heterocycles. The molecule has 0 unspecified atom stereocenters. The average Bonchev–Trinajstić information content (AvgIpc) is 2.56. The Morgan fingerprint density at radius 3 is 1.80 bits per heavy atom. The van der Waals surface area contributed by atoms with E-state index in [0.717, 1.165) is 0 Å². The molecule has 0 amide bonds. The van der Waals surface area contributed by atoms with E-state index in [1.807, 2.05) is 0 Å². The number of halogens is 1. The normalized spacial score (nSPS) is 10.6. The largest absolute Gasteiger partial charge is 0.493 e. The molecule has 0 aliphatic carbocycles. The fraction of sp³-hybridized carbons (Fsp3) is 0.611. The third-order valence-corrected chi connectivity index (χ3v) is 3.81. The van der Waals surface area contributed by atoms with E-state index in [4.69, 9.17) is 18.9 Å². The fourth-order valence-corrected chi connectivity index (χ4v) is 2.64. The molecule has 0 fully saturated rings. The molecule has 1 aromatic rings. The van der Waals surface area contributed by atoms with Crippen LogP contribution in [0.5, 0.6) is 17.2 Å². The highest BCUT2D eigenvalue weighted by Crippen LogP contribution is 2.38. The van der Waals surface area contributed by atoms with E-state index in [9.17, 15) is 4.79 Å². The monoisotopic (exact) mass is 375 g/mol. The lowest BCUT2D eigenvalue weighted by molar-refractivity contribution is 0.0416. The molecule has 0 atom stereocenters. The van der Waals surface area contributed by atoms with Gasteiger partial charge in [0.1, 0.15) is 6.61 Å². The molecule has 7 heteroatoms. The number of hydrogen-bond donors (Lipinski definition) is 0. The molecule has 0 saturated carbocycles. The Bertz CT molecular complexity index is 515. The maximum absolute atomic E-state index is 12.3. The van der Waals surface area contributed by atoms with Gasteiger partial charge in [-0.05, 0) is 39.8 Å². The number of carbonyl (C=O) groups excluding carboxylic acids is 1. The zero-order valence-corrected chi connectivity index (χ0v) is 16.9. The van der Waals surface area contributed by atoms with Crippen molar-refractivity contribution in [3.63, 3.8) is 0 Å². The van der Waals surface area contributed by atoms with Crippen LogP contribution in [0, 0.1) is 0 Å². The molecule has 0 aromatic heterocycles. The van der Waals surface area contributed by atoms with Gasteiger partial charge in [-0.2, -0.15) is 0 Å². The predicted molar refractivity (Wildman–Crippen MR) is 101 cm³/mol. The van der Waals surface area contributed by atoms with Gasteiger partial charge < -0.3 is 18.9 Å². The molecule has 0 spiro atoms. The van der Waals surface area contributed by atoms with Crippen molar-refractivity contribution in [3.8, 4) is 17.2 Å². The molecular weight excluding hydrogens is 346 g/mol. The molecule has 0 aliphatic rings. The summed E-state index contributed by atoms with van der Waals surface area (Å²) in [5, 5.41) is 0. The third kappa shape index (κ3) is 6.29. The third-order valence-electron chi connectivity index (χ3n) is 3.81. The molecule has 144 valence electrons. The quantitative estimate of drug-likeness (QED) is 0.616. The van der Waals surface area contributed by atoms with Crippen LogP contribution in [0.25, 0.3) is 0 Å². The number of carbonyl (C=O) groups is 1. The minimum atomic E-state index is -0.415. The molecule has 0 radical (unpaired) electrons. The highest BCUT2D eigenvalue weighted by molar-refractivity contribution is 5.91. The van der Waals surface area contributed by atoms with Crippen molar-refractivity contribution in [2.75, 3.05) is 34.5 Å². The fourth-order valence-electron chi connectivity index (χ4n) is 2.64. The zero-order valence-electron chi connectivity index (χ0n) is 16.1. The van der Waals surface area contributed by atoms with Gasteiger partial charge in [-0.25, -0.2) is 4.79 Å². The summed E-state index contributed by atoms with van der Waals surface area (Å²) in [4.78, 5) is 14.6. The summed E-state index contributed by atoms with van der Waals surface area (Å²) in [5.41, 5.74) is 0.366. The molecule has 1 rings (SSSR count). The van der Waals surface area contributed by atoms with Crippen molar-refractivity contribution in [3.05, 3.63) is 17.7 Å². The summed E-state index contributed by atoms with van der Waals surface area (Å²) in [6.07, 6.45) is 0. The van der Waals surface area contributed by atoms with Gasteiger partial charge in [-0.15, -0.1) is 12.4 Å². The van der Waals surface area contributed by atoms with Crippen LogP contribution in [-0.4, -0.2) is 57.4 Å². The van der Waals surface area contributed by atoms with Gasteiger partial charge in [0.25, 0.3) is 0 Å². The van der Waals surface area contributed by atoms with Crippen molar-refractivity contribution in [1.82, 2.24) is 4.90 Å². The summed E-state index contributed by atoms with van der Waals surface area (Å²) in [6, 6.07) is 3.97. The Morgan fingerprint density at radius 1 is 0.960 bits per heavy atom. The van der Waals surface area contributed by atoms with Gasteiger partial charge in [0.05, 0.1) is 26.9 Å². The number of esters is 1. The van der Waals surface area contributed by atoms with Gasteiger partial charge in [0.15, 0.2) is 11.5 Å². The van der Waals surface area contributed by atoms with Crippen molar-refractivity contribution in [1.29, 1.82) is 0 Å². The molecule has 25 heavy (non-hydrogen) atoms. The molecule has 0 aliphatic heterocycles. The summed E-state index contributed by atoms with van der Waals surface area (Å²) in [5.74, 6) is 0.883. The van der Waals surface area contributed by atoms with Gasteiger partial charge in [-0.1, -0.05) is 0 Å². The Labute approximate surface area is 156 Å². The van der Waals surface area contributed by atoms with E-state index in [2.05, 4.69) is 32.6 Å². The first-order valence-electron chi connectivity index (χ1n) is 8.08. The topological polar surface area (TPSA) is 57.2 Å². The molecule has 1 aromatic carbocycles. The zero-order chi connectivity index (χ0) is 18.3. The van der Waals surface area contributed by atoms with E-state index in [1.54, 1.807) is 12.1 Å². The lowest BCUT2D eigenvalue weighted by Crippen LogP contribution is -2.39. The first-order chi connectivity index (χ1) is 11.3. The highest BCUT2D eigenvalue weighted by atomic mass is 35.5. The van der Waals surface area contributed by atoms with E-state index in [0.29, 0.717) is 48.0 Å². The predicted octanol–water partition coefficient (Wildman–Crippen LogP) is 3.41. The SMILES string of the molecule is COc1cc(C(=O)OCCN(C(C)C)C(C)C)cc(OC)c1OC.Cl. The van der Waals surface area contributed by atoms with Crippen molar-refractivity contribution in [2.45, 2.75) is 39.8 Å². The number of methoxy groups -OCH3 is 3. The minimum absolute atomic E-state index is 0. The number of hydrogen-bond acceptors (Lipinski definition) is 6. The second kappa shape index (κ2) is 11.1. The van der Waals surface area contributed by atoms with Crippen LogP contribution in [0.15, 0.2) is 12.1 Å². The average molecular weight is 376 g/mol.